The van der Waals surface area contributed by atoms with Crippen LogP contribution in [-0.4, -0.2) is 80.9 Å². The molecule has 0 saturated carbocycles. The fraction of sp³-hybridized carbons (Fsp3) is 0.385. The van der Waals surface area contributed by atoms with Crippen LogP contribution in [0.2, 0.25) is 0 Å². The van der Waals surface area contributed by atoms with E-state index in [-0.39, 0.29) is 31.1 Å². The Morgan fingerprint density at radius 1 is 1.13 bits per heavy atom. The van der Waals surface area contributed by atoms with Gasteiger partial charge in [0.2, 0.25) is 0 Å². The number of methoxy groups -OCH3 is 1. The quantitative estimate of drug-likeness (QED) is 0.450. The number of ether oxygens (including phenoxy) is 1. The van der Waals surface area contributed by atoms with Crippen molar-refractivity contribution in [3.63, 3.8) is 0 Å². The Morgan fingerprint density at radius 2 is 1.95 bits per heavy atom. The van der Waals surface area contributed by atoms with Crippen molar-refractivity contribution in [1.29, 1.82) is 0 Å². The van der Waals surface area contributed by atoms with Crippen LogP contribution in [0.4, 0.5) is 17.6 Å². The number of halogens is 4. The topological polar surface area (TPSA) is 71.7 Å². The Kier molecular flexibility index (Phi) is 5.93. The maximum atomic E-state index is 15.2. The second-order valence-electron chi connectivity index (χ2n) is 9.65. The summed E-state index contributed by atoms with van der Waals surface area (Å²) in [7, 11) is 1.52. The van der Waals surface area contributed by atoms with Crippen molar-refractivity contribution in [2.45, 2.75) is 31.7 Å². The summed E-state index contributed by atoms with van der Waals surface area (Å²) >= 11 is 0. The molecule has 6 rings (SSSR count). The summed E-state index contributed by atoms with van der Waals surface area (Å²) < 4.78 is 60.9. The van der Waals surface area contributed by atoms with E-state index in [0.29, 0.717) is 34.6 Å². The molecule has 0 N–H and O–H groups in total. The molecule has 1 saturated heterocycles. The van der Waals surface area contributed by atoms with Crippen LogP contribution in [0.5, 0.6) is 0 Å². The first-order valence-electron chi connectivity index (χ1n) is 12.3. The van der Waals surface area contributed by atoms with Crippen LogP contribution in [0.15, 0.2) is 53.7 Å². The molecule has 3 aliphatic rings. The molecule has 1 aliphatic carbocycles. The first kappa shape index (κ1) is 24.5. The number of alkyl halides is 3. The van der Waals surface area contributed by atoms with Crippen molar-refractivity contribution < 1.29 is 22.3 Å². The van der Waals surface area contributed by atoms with Gasteiger partial charge in [-0.2, -0.15) is 23.4 Å². The molecule has 2 aromatic heterocycles. The third kappa shape index (κ3) is 4.22. The van der Waals surface area contributed by atoms with Gasteiger partial charge < -0.3 is 9.30 Å². The predicted molar refractivity (Wildman–Crippen MR) is 133 cm³/mol. The zero-order valence-corrected chi connectivity index (χ0v) is 20.7. The van der Waals surface area contributed by atoms with E-state index in [1.807, 2.05) is 28.7 Å². The highest BCUT2D eigenvalue weighted by atomic mass is 19.4. The van der Waals surface area contributed by atoms with Crippen molar-refractivity contribution in [1.82, 2.24) is 29.7 Å². The van der Waals surface area contributed by atoms with E-state index >= 15 is 4.39 Å². The molecule has 198 valence electrons. The van der Waals surface area contributed by atoms with E-state index in [2.05, 4.69) is 20.3 Å². The van der Waals surface area contributed by atoms with Crippen LogP contribution in [0.3, 0.4) is 0 Å². The van der Waals surface area contributed by atoms with Gasteiger partial charge >= 0.3 is 6.18 Å². The van der Waals surface area contributed by atoms with Crippen molar-refractivity contribution >= 4 is 23.0 Å². The molecule has 2 aliphatic heterocycles. The molecule has 3 aromatic rings. The van der Waals surface area contributed by atoms with Gasteiger partial charge in [-0.15, -0.1) is 5.10 Å². The Balaban J connectivity index is 1.29. The molecule has 4 heterocycles. The normalized spacial score (nSPS) is 21.9. The average Bonchev–Trinajstić information content (AvgIpc) is 3.48. The lowest BCUT2D eigenvalue weighted by atomic mass is 9.86. The molecule has 1 aromatic carbocycles. The number of likely N-dealkylation sites (tertiary alicyclic amines) is 1. The number of aryl methyl sites for hydroxylation is 1. The Labute approximate surface area is 215 Å². The molecule has 0 spiro atoms. The Morgan fingerprint density at radius 3 is 2.68 bits per heavy atom. The minimum atomic E-state index is -4.22. The van der Waals surface area contributed by atoms with Gasteiger partial charge in [-0.25, -0.2) is 9.37 Å². The van der Waals surface area contributed by atoms with Gasteiger partial charge in [0.1, 0.15) is 17.1 Å². The molecule has 0 amide bonds. The maximum Gasteiger partial charge on any atom is 0.401 e. The first-order valence-corrected chi connectivity index (χ1v) is 12.3. The predicted octanol–water partition coefficient (Wildman–Crippen LogP) is 4.11. The van der Waals surface area contributed by atoms with E-state index in [1.54, 1.807) is 30.9 Å². The lowest BCUT2D eigenvalue weighted by molar-refractivity contribution is -0.161. The van der Waals surface area contributed by atoms with Crippen LogP contribution in [0.25, 0.3) is 27.9 Å². The zero-order valence-electron chi connectivity index (χ0n) is 20.7. The molecular formula is C26H25F4N7O. The lowest BCUT2D eigenvalue weighted by Crippen LogP contribution is -2.61. The standard InChI is InChI=1S/C26H25F4N7O/c1-3-36-14-31-24-20(10-32-34-25(24)36)15-4-5-21(27)18(6-15)19-7-16-9-33-37(22(16)8-23(19)38-2)17-11-35(12-17)13-26(28,29)30/h4-10,14,16-17,22H,3,11-13H2,1-2H3. The van der Waals surface area contributed by atoms with Crippen LogP contribution < -0.4 is 0 Å². The summed E-state index contributed by atoms with van der Waals surface area (Å²) in [5, 5.41) is 14.7. The number of hydrogen-bond donors (Lipinski definition) is 0. The van der Waals surface area contributed by atoms with Gasteiger partial charge in [-0.05, 0) is 30.7 Å². The summed E-state index contributed by atoms with van der Waals surface area (Å²) in [5.41, 5.74) is 3.76. The largest absolute Gasteiger partial charge is 0.496 e. The van der Waals surface area contributed by atoms with Gasteiger partial charge in [0.05, 0.1) is 38.3 Å². The smallest absolute Gasteiger partial charge is 0.401 e. The second kappa shape index (κ2) is 9.19. The van der Waals surface area contributed by atoms with E-state index in [4.69, 9.17) is 4.74 Å². The number of allylic oxidation sites excluding steroid dienone is 1. The fourth-order valence-corrected chi connectivity index (χ4v) is 5.39. The summed E-state index contributed by atoms with van der Waals surface area (Å²) in [6.45, 7) is 2.33. The van der Waals surface area contributed by atoms with Crippen LogP contribution in [-0.2, 0) is 11.3 Å². The molecule has 38 heavy (non-hydrogen) atoms. The number of hydrogen-bond acceptors (Lipinski definition) is 7. The van der Waals surface area contributed by atoms with Crippen LogP contribution in [0.1, 0.15) is 12.5 Å². The maximum absolute atomic E-state index is 15.2. The van der Waals surface area contributed by atoms with Crippen LogP contribution >= 0.6 is 0 Å². The van der Waals surface area contributed by atoms with Gasteiger partial charge in [0.15, 0.2) is 5.65 Å². The molecule has 0 radical (unpaired) electrons. The SMILES string of the molecule is CCn1cnc2c(-c3ccc(F)c(C4=CC5C=NN(C6CN(CC(F)(F)F)C6)C5C=C4OC)c3)cnnc21. The Hall–Kier alpha value is -3.80. The summed E-state index contributed by atoms with van der Waals surface area (Å²) in [4.78, 5) is 5.85. The minimum absolute atomic E-state index is 0.127. The van der Waals surface area contributed by atoms with Crippen molar-refractivity contribution in [3.05, 3.63) is 60.0 Å². The number of rotatable bonds is 6. The van der Waals surface area contributed by atoms with E-state index < -0.39 is 18.5 Å². The lowest BCUT2D eigenvalue weighted by Gasteiger charge is -2.45. The monoisotopic (exact) mass is 527 g/mol. The van der Waals surface area contributed by atoms with Gasteiger partial charge in [0, 0.05) is 48.5 Å². The fourth-order valence-electron chi connectivity index (χ4n) is 5.39. The van der Waals surface area contributed by atoms with Crippen molar-refractivity contribution in [3.8, 4) is 11.1 Å². The van der Waals surface area contributed by atoms with Crippen molar-refractivity contribution in [2.24, 2.45) is 11.0 Å². The highest BCUT2D eigenvalue weighted by Crippen LogP contribution is 2.39. The number of imidazole rings is 1. The van der Waals surface area contributed by atoms with E-state index in [9.17, 15) is 13.2 Å². The molecule has 1 fully saturated rings. The summed E-state index contributed by atoms with van der Waals surface area (Å²) in [5.74, 6) is -0.0944. The molecule has 12 heteroatoms. The number of aromatic nitrogens is 4. The molecule has 2 unspecified atom stereocenters. The minimum Gasteiger partial charge on any atom is -0.496 e. The number of benzene rings is 1. The van der Waals surface area contributed by atoms with E-state index in [0.717, 1.165) is 11.1 Å². The molecule has 0 bridgehead atoms. The van der Waals surface area contributed by atoms with Gasteiger partial charge in [0.25, 0.3) is 0 Å². The third-order valence-electron chi connectivity index (χ3n) is 7.27. The first-order chi connectivity index (χ1) is 18.3. The van der Waals surface area contributed by atoms with Crippen LogP contribution in [0, 0.1) is 11.7 Å². The number of nitrogens with zero attached hydrogens (tertiary/aromatic N) is 7. The van der Waals surface area contributed by atoms with E-state index in [1.165, 1.54) is 18.1 Å². The number of fused-ring (bicyclic) bond motifs is 2. The third-order valence-corrected chi connectivity index (χ3v) is 7.27. The molecular weight excluding hydrogens is 502 g/mol. The molecule has 8 nitrogen and oxygen atoms in total. The molecule has 2 atom stereocenters. The second-order valence-corrected chi connectivity index (χ2v) is 9.65. The summed E-state index contributed by atoms with van der Waals surface area (Å²) in [6.07, 6.45) is 4.65. The summed E-state index contributed by atoms with van der Waals surface area (Å²) in [6, 6.07) is 4.51. The van der Waals surface area contributed by atoms with Gasteiger partial charge in [-0.1, -0.05) is 12.1 Å². The highest BCUT2D eigenvalue weighted by Gasteiger charge is 2.44. The Bertz CT molecular complexity index is 1470. The zero-order chi connectivity index (χ0) is 26.6. The average molecular weight is 528 g/mol. The highest BCUT2D eigenvalue weighted by molar-refractivity contribution is 5.91. The van der Waals surface area contributed by atoms with Crippen molar-refractivity contribution in [2.75, 3.05) is 26.7 Å². The number of hydrazone groups is 1. The van der Waals surface area contributed by atoms with Gasteiger partial charge in [-0.3, -0.25) is 9.91 Å².